The largest absolute Gasteiger partial charge is 0.290 e. The maximum atomic E-state index is 11.3. The lowest BCUT2D eigenvalue weighted by molar-refractivity contribution is -0.111. The normalized spacial score (nSPS) is 22.1. The van der Waals surface area contributed by atoms with Crippen molar-refractivity contribution in [3.63, 3.8) is 0 Å². The van der Waals surface area contributed by atoms with E-state index >= 15 is 0 Å². The van der Waals surface area contributed by atoms with Crippen LogP contribution in [0.5, 0.6) is 0 Å². The lowest BCUT2D eigenvalue weighted by Crippen LogP contribution is -2.11. The minimum Gasteiger partial charge on any atom is -0.290 e. The maximum absolute atomic E-state index is 11.3. The van der Waals surface area contributed by atoms with Crippen LogP contribution >= 0.6 is 0 Å². The van der Waals surface area contributed by atoms with E-state index in [0.29, 0.717) is 5.57 Å². The summed E-state index contributed by atoms with van der Waals surface area (Å²) in [5.74, 6) is 0.252. The molecule has 0 radical (unpaired) electrons. The van der Waals surface area contributed by atoms with Gasteiger partial charge in [0.05, 0.1) is 0 Å². The van der Waals surface area contributed by atoms with Gasteiger partial charge in [0.25, 0.3) is 0 Å². The first-order valence-electron chi connectivity index (χ1n) is 5.48. The molecule has 0 aromatic carbocycles. The van der Waals surface area contributed by atoms with Crippen LogP contribution in [0.15, 0.2) is 48.6 Å². The fourth-order valence-electron chi connectivity index (χ4n) is 1.49. The lowest BCUT2D eigenvalue weighted by atomic mass is 9.88. The van der Waals surface area contributed by atoms with Crippen LogP contribution in [-0.4, -0.2) is 5.78 Å². The number of allylic oxidation sites excluding steroid dienone is 7. The van der Waals surface area contributed by atoms with Gasteiger partial charge in [0.15, 0.2) is 5.78 Å². The van der Waals surface area contributed by atoms with Crippen LogP contribution in [0, 0.1) is 5.92 Å². The highest BCUT2D eigenvalue weighted by Crippen LogP contribution is 2.21. The van der Waals surface area contributed by atoms with Crippen molar-refractivity contribution in [1.29, 1.82) is 0 Å². The summed E-state index contributed by atoms with van der Waals surface area (Å²) >= 11 is 0. The Morgan fingerprint density at radius 2 is 2.33 bits per heavy atom. The second-order valence-corrected chi connectivity index (χ2v) is 3.74. The van der Waals surface area contributed by atoms with E-state index in [0.717, 1.165) is 12.8 Å². The van der Waals surface area contributed by atoms with Gasteiger partial charge in [-0.3, -0.25) is 4.79 Å². The van der Waals surface area contributed by atoms with Gasteiger partial charge in [0.1, 0.15) is 0 Å². The summed E-state index contributed by atoms with van der Waals surface area (Å²) in [4.78, 5) is 11.3. The van der Waals surface area contributed by atoms with Crippen molar-refractivity contribution in [1.82, 2.24) is 0 Å². The van der Waals surface area contributed by atoms with E-state index in [1.54, 1.807) is 6.08 Å². The monoisotopic (exact) mass is 202 g/mol. The third-order valence-electron chi connectivity index (χ3n) is 2.47. The predicted molar refractivity (Wildman–Crippen MR) is 64.6 cm³/mol. The molecular weight excluding hydrogens is 184 g/mol. The number of carbonyl (C=O) groups excluding carboxylic acids is 1. The molecule has 0 bridgehead atoms. The summed E-state index contributed by atoms with van der Waals surface area (Å²) in [7, 11) is 0. The van der Waals surface area contributed by atoms with Gasteiger partial charge in [-0.15, -0.1) is 0 Å². The van der Waals surface area contributed by atoms with Crippen molar-refractivity contribution >= 4 is 5.78 Å². The number of hydrogen-bond donors (Lipinski definition) is 0. The molecule has 1 aliphatic carbocycles. The average molecular weight is 202 g/mol. The molecule has 0 fully saturated rings. The van der Waals surface area contributed by atoms with Crippen LogP contribution in [0.3, 0.4) is 0 Å². The number of ketones is 1. The molecular formula is C14H18O. The van der Waals surface area contributed by atoms with Gasteiger partial charge in [-0.25, -0.2) is 0 Å². The molecule has 1 aliphatic rings. The molecule has 1 atom stereocenters. The molecule has 0 aromatic heterocycles. The van der Waals surface area contributed by atoms with E-state index in [9.17, 15) is 4.79 Å². The first kappa shape index (κ1) is 11.7. The van der Waals surface area contributed by atoms with Crippen molar-refractivity contribution in [3.05, 3.63) is 48.6 Å². The van der Waals surface area contributed by atoms with E-state index in [1.165, 1.54) is 6.42 Å². The Bertz CT molecular complexity index is 318. The van der Waals surface area contributed by atoms with Gasteiger partial charge >= 0.3 is 0 Å². The molecule has 0 N–H and O–H groups in total. The van der Waals surface area contributed by atoms with Crippen LogP contribution in [0.2, 0.25) is 0 Å². The molecule has 1 heteroatoms. The fourth-order valence-corrected chi connectivity index (χ4v) is 1.49. The maximum Gasteiger partial charge on any atom is 0.181 e. The molecule has 0 saturated heterocycles. The molecule has 80 valence electrons. The van der Waals surface area contributed by atoms with Gasteiger partial charge in [-0.05, 0) is 24.5 Å². The third-order valence-corrected chi connectivity index (χ3v) is 2.47. The van der Waals surface area contributed by atoms with Crippen molar-refractivity contribution in [2.24, 2.45) is 5.92 Å². The zero-order valence-electron chi connectivity index (χ0n) is 9.28. The van der Waals surface area contributed by atoms with E-state index in [1.807, 2.05) is 18.2 Å². The number of rotatable bonds is 4. The molecule has 1 nitrogen and oxygen atoms in total. The Kier molecular flexibility index (Phi) is 4.82. The second-order valence-electron chi connectivity index (χ2n) is 3.74. The van der Waals surface area contributed by atoms with Crippen LogP contribution in [0.25, 0.3) is 0 Å². The Morgan fingerprint density at radius 3 is 3.07 bits per heavy atom. The van der Waals surface area contributed by atoms with Crippen molar-refractivity contribution in [2.75, 3.05) is 0 Å². The molecule has 15 heavy (non-hydrogen) atoms. The molecule has 0 aliphatic heterocycles. The SMILES string of the molecule is C=C1C(=O)C=CCC1/C=C/C=C/CCC. The highest BCUT2D eigenvalue weighted by molar-refractivity contribution is 6.04. The average Bonchev–Trinajstić information content (AvgIpc) is 2.24. The highest BCUT2D eigenvalue weighted by Gasteiger charge is 2.16. The summed E-state index contributed by atoms with van der Waals surface area (Å²) < 4.78 is 0. The molecule has 1 unspecified atom stereocenters. The van der Waals surface area contributed by atoms with Gasteiger partial charge in [0.2, 0.25) is 0 Å². The summed E-state index contributed by atoms with van der Waals surface area (Å²) in [5, 5.41) is 0. The van der Waals surface area contributed by atoms with Crippen molar-refractivity contribution < 1.29 is 4.79 Å². The molecule has 0 amide bonds. The molecule has 0 saturated carbocycles. The van der Waals surface area contributed by atoms with Gasteiger partial charge in [0, 0.05) is 5.92 Å². The van der Waals surface area contributed by atoms with Crippen molar-refractivity contribution in [2.45, 2.75) is 26.2 Å². The topological polar surface area (TPSA) is 17.1 Å². The van der Waals surface area contributed by atoms with Crippen LogP contribution < -0.4 is 0 Å². The van der Waals surface area contributed by atoms with E-state index in [4.69, 9.17) is 0 Å². The van der Waals surface area contributed by atoms with Gasteiger partial charge in [-0.1, -0.05) is 50.3 Å². The Hall–Kier alpha value is -1.37. The summed E-state index contributed by atoms with van der Waals surface area (Å²) in [6, 6.07) is 0. The van der Waals surface area contributed by atoms with E-state index in [-0.39, 0.29) is 11.7 Å². The van der Waals surface area contributed by atoms with Crippen LogP contribution in [0.1, 0.15) is 26.2 Å². The Morgan fingerprint density at radius 1 is 1.53 bits per heavy atom. The first-order chi connectivity index (χ1) is 7.25. The summed E-state index contributed by atoms with van der Waals surface area (Å²) in [5.41, 5.74) is 0.706. The predicted octanol–water partition coefficient (Wildman–Crippen LogP) is 3.60. The van der Waals surface area contributed by atoms with E-state index in [2.05, 4.69) is 25.7 Å². The molecule has 0 aromatic rings. The molecule has 0 heterocycles. The number of hydrogen-bond acceptors (Lipinski definition) is 1. The standard InChI is InChI=1S/C14H18O/c1-3-4-5-6-7-9-13-10-8-11-14(15)12(13)2/h5-9,11,13H,2-4,10H2,1H3/b6-5+,9-7+. The molecule has 1 rings (SSSR count). The number of carbonyl (C=O) groups is 1. The van der Waals surface area contributed by atoms with Gasteiger partial charge in [-0.2, -0.15) is 0 Å². The minimum atomic E-state index is 0.0634. The van der Waals surface area contributed by atoms with E-state index < -0.39 is 0 Å². The van der Waals surface area contributed by atoms with Crippen LogP contribution in [0.4, 0.5) is 0 Å². The van der Waals surface area contributed by atoms with Gasteiger partial charge < -0.3 is 0 Å². The van der Waals surface area contributed by atoms with Crippen LogP contribution in [-0.2, 0) is 4.79 Å². The fraction of sp³-hybridized carbons (Fsp3) is 0.357. The minimum absolute atomic E-state index is 0.0634. The third kappa shape index (κ3) is 3.70. The zero-order valence-corrected chi connectivity index (χ0v) is 9.28. The smallest absolute Gasteiger partial charge is 0.181 e. The van der Waals surface area contributed by atoms with Crippen molar-refractivity contribution in [3.8, 4) is 0 Å². The highest BCUT2D eigenvalue weighted by atomic mass is 16.1. The quantitative estimate of drug-likeness (QED) is 0.503. The lowest BCUT2D eigenvalue weighted by Gasteiger charge is -2.14. The molecule has 0 spiro atoms. The Labute approximate surface area is 91.9 Å². The Balaban J connectivity index is 2.48. The zero-order chi connectivity index (χ0) is 11.1. The first-order valence-corrected chi connectivity index (χ1v) is 5.48. The summed E-state index contributed by atoms with van der Waals surface area (Å²) in [6.07, 6.45) is 14.9. The number of unbranched alkanes of at least 4 members (excludes halogenated alkanes) is 1. The summed E-state index contributed by atoms with van der Waals surface area (Å²) in [6.45, 7) is 5.97. The second kappa shape index (κ2) is 6.18.